The fraction of sp³-hybridized carbons (Fsp3) is 0.333. The number of methoxy groups -OCH3 is 1. The first-order valence-electron chi connectivity index (χ1n) is 10.1. The zero-order valence-electron chi connectivity index (χ0n) is 18.4. The molecule has 0 unspecified atom stereocenters. The van der Waals surface area contributed by atoms with Crippen LogP contribution in [0, 0.1) is 11.3 Å². The Morgan fingerprint density at radius 3 is 2.70 bits per heavy atom. The van der Waals surface area contributed by atoms with Crippen molar-refractivity contribution in [2.75, 3.05) is 19.0 Å². The molecule has 12 nitrogen and oxygen atoms in total. The maximum absolute atomic E-state index is 13.0. The van der Waals surface area contributed by atoms with Gasteiger partial charge in [-0.3, -0.25) is 19.8 Å². The van der Waals surface area contributed by atoms with Crippen LogP contribution in [0.3, 0.4) is 0 Å². The number of carbonyl (C=O) groups excluding carboxylic acids is 3. The van der Waals surface area contributed by atoms with Gasteiger partial charge in [0.2, 0.25) is 5.88 Å². The van der Waals surface area contributed by atoms with E-state index in [9.17, 15) is 14.4 Å². The van der Waals surface area contributed by atoms with Crippen LogP contribution in [-0.4, -0.2) is 59.4 Å². The van der Waals surface area contributed by atoms with Crippen LogP contribution < -0.4 is 27.3 Å². The number of nitrogens with one attached hydrogen (secondary N) is 2. The van der Waals surface area contributed by atoms with Crippen LogP contribution in [0.5, 0.6) is 5.88 Å². The van der Waals surface area contributed by atoms with E-state index < -0.39 is 23.8 Å². The number of primary amides is 1. The normalized spacial score (nSPS) is 19.0. The van der Waals surface area contributed by atoms with E-state index >= 15 is 0 Å². The molecule has 0 aliphatic carbocycles. The van der Waals surface area contributed by atoms with Crippen molar-refractivity contribution < 1.29 is 19.1 Å². The predicted octanol–water partition coefficient (Wildman–Crippen LogP) is 0.118. The summed E-state index contributed by atoms with van der Waals surface area (Å²) in [5.74, 6) is -2.36. The van der Waals surface area contributed by atoms with Crippen LogP contribution in [-0.2, 0) is 9.59 Å². The molecule has 33 heavy (non-hydrogen) atoms. The smallest absolute Gasteiger partial charge is 0.313 e. The van der Waals surface area contributed by atoms with Crippen LogP contribution in [0.2, 0.25) is 0 Å². The van der Waals surface area contributed by atoms with Crippen molar-refractivity contribution in [1.29, 1.82) is 5.41 Å². The number of piperidine rings is 1. The standard InChI is InChI=1S/C21H28N8O4/c1-12-3-4-16(15(23)6-8-26-17(24)5-7-22)29(11-12)21(32)19(31)28-13-9-14(18(25)30)20(33-2)27-10-13/h5-10,12,16,24H,3-4,11,22-23H2,1-2H3,(H2,25,30)(H,28,31)/b7-5-,15-6?,24-17?,26-8?/t12-,16+/m1/s1. The molecule has 12 heteroatoms. The Hall–Kier alpha value is -4.22. The third-order valence-corrected chi connectivity index (χ3v) is 4.96. The van der Waals surface area contributed by atoms with Gasteiger partial charge in [0, 0.05) is 18.5 Å². The molecule has 1 aromatic heterocycles. The van der Waals surface area contributed by atoms with E-state index in [0.717, 1.165) is 6.42 Å². The SMILES string of the molecule is COc1ncc(NC(=O)C(=O)N2C[C@H](C)CC[C@H]2C(N)=CC=NC(=N)/C=C\N)cc1C(N)=O. The molecule has 0 spiro atoms. The minimum atomic E-state index is -0.909. The molecule has 176 valence electrons. The second-order valence-corrected chi connectivity index (χ2v) is 7.44. The Morgan fingerprint density at radius 2 is 2.06 bits per heavy atom. The van der Waals surface area contributed by atoms with E-state index in [1.54, 1.807) is 0 Å². The lowest BCUT2D eigenvalue weighted by molar-refractivity contribution is -0.145. The van der Waals surface area contributed by atoms with E-state index in [-0.39, 0.29) is 28.9 Å². The largest absolute Gasteiger partial charge is 0.480 e. The number of likely N-dealkylation sites (tertiary alicyclic amines) is 1. The summed E-state index contributed by atoms with van der Waals surface area (Å²) >= 11 is 0. The topological polar surface area (TPSA) is 203 Å². The van der Waals surface area contributed by atoms with Crippen molar-refractivity contribution in [1.82, 2.24) is 9.88 Å². The summed E-state index contributed by atoms with van der Waals surface area (Å²) in [4.78, 5) is 46.4. The molecule has 1 fully saturated rings. The zero-order valence-corrected chi connectivity index (χ0v) is 18.4. The highest BCUT2D eigenvalue weighted by atomic mass is 16.5. The molecule has 3 amide bonds. The summed E-state index contributed by atoms with van der Waals surface area (Å²) in [7, 11) is 1.33. The summed E-state index contributed by atoms with van der Waals surface area (Å²) in [6.07, 6.45) is 7.96. The number of ether oxygens (including phenoxy) is 1. The Balaban J connectivity index is 2.20. The van der Waals surface area contributed by atoms with E-state index in [4.69, 9.17) is 27.3 Å². The van der Waals surface area contributed by atoms with Gasteiger partial charge in [-0.2, -0.15) is 0 Å². The van der Waals surface area contributed by atoms with E-state index in [2.05, 4.69) is 15.3 Å². The molecule has 8 N–H and O–H groups in total. The molecule has 0 bridgehead atoms. The molecular formula is C21H28N8O4. The maximum atomic E-state index is 13.0. The van der Waals surface area contributed by atoms with Gasteiger partial charge in [-0.1, -0.05) is 6.92 Å². The van der Waals surface area contributed by atoms with Crippen molar-refractivity contribution in [3.8, 4) is 5.88 Å². The second-order valence-electron chi connectivity index (χ2n) is 7.44. The van der Waals surface area contributed by atoms with Crippen LogP contribution in [0.4, 0.5) is 5.69 Å². The molecule has 1 saturated heterocycles. The van der Waals surface area contributed by atoms with Gasteiger partial charge < -0.3 is 32.2 Å². The van der Waals surface area contributed by atoms with Gasteiger partial charge in [0.1, 0.15) is 11.4 Å². The number of carbonyl (C=O) groups is 3. The second kappa shape index (κ2) is 11.4. The highest BCUT2D eigenvalue weighted by Gasteiger charge is 2.34. The summed E-state index contributed by atoms with van der Waals surface area (Å²) < 4.78 is 4.97. The van der Waals surface area contributed by atoms with E-state index in [0.29, 0.717) is 18.7 Å². The molecular weight excluding hydrogens is 428 g/mol. The minimum Gasteiger partial charge on any atom is -0.480 e. The molecule has 1 aliphatic heterocycles. The lowest BCUT2D eigenvalue weighted by Crippen LogP contribution is -2.52. The number of aliphatic imine (C=N–C) groups is 1. The summed E-state index contributed by atoms with van der Waals surface area (Å²) in [6, 6.07) is 0.769. The molecule has 0 aromatic carbocycles. The number of hydrogen-bond acceptors (Lipinski definition) is 8. The average molecular weight is 457 g/mol. The Kier molecular flexibility index (Phi) is 8.66. The lowest BCUT2D eigenvalue weighted by Gasteiger charge is -2.38. The number of amides is 3. The van der Waals surface area contributed by atoms with Gasteiger partial charge in [0.25, 0.3) is 5.91 Å². The molecule has 0 saturated carbocycles. The van der Waals surface area contributed by atoms with Crippen molar-refractivity contribution in [3.05, 3.63) is 41.9 Å². The van der Waals surface area contributed by atoms with Crippen molar-refractivity contribution in [3.63, 3.8) is 0 Å². The number of nitrogens with zero attached hydrogens (tertiary/aromatic N) is 3. The molecule has 0 radical (unpaired) electrons. The Morgan fingerprint density at radius 1 is 1.33 bits per heavy atom. The first-order valence-corrected chi connectivity index (χ1v) is 10.1. The van der Waals surface area contributed by atoms with Crippen molar-refractivity contribution >= 4 is 35.5 Å². The molecule has 2 rings (SSSR count). The Bertz CT molecular complexity index is 1020. The number of amidine groups is 1. The van der Waals surface area contributed by atoms with Crippen LogP contribution >= 0.6 is 0 Å². The minimum absolute atomic E-state index is 0.00588. The number of nitrogens with two attached hydrogens (primary N) is 3. The molecule has 1 aliphatic rings. The first-order chi connectivity index (χ1) is 15.7. The van der Waals surface area contributed by atoms with Crippen LogP contribution in [0.1, 0.15) is 30.1 Å². The fourth-order valence-electron chi connectivity index (χ4n) is 3.35. The summed E-state index contributed by atoms with van der Waals surface area (Å²) in [5, 5.41) is 9.99. The first kappa shape index (κ1) is 25.0. The third-order valence-electron chi connectivity index (χ3n) is 4.96. The average Bonchev–Trinajstić information content (AvgIpc) is 2.78. The number of allylic oxidation sites excluding steroid dienone is 1. The van der Waals surface area contributed by atoms with Gasteiger partial charge in [0.05, 0.1) is 25.0 Å². The van der Waals surface area contributed by atoms with Gasteiger partial charge >= 0.3 is 11.8 Å². The van der Waals surface area contributed by atoms with Gasteiger partial charge in [0.15, 0.2) is 0 Å². The lowest BCUT2D eigenvalue weighted by atomic mass is 9.92. The van der Waals surface area contributed by atoms with Crippen LogP contribution in [0.25, 0.3) is 0 Å². The monoisotopic (exact) mass is 456 g/mol. The van der Waals surface area contributed by atoms with E-state index in [1.165, 1.54) is 48.8 Å². The quantitative estimate of drug-likeness (QED) is 0.227. The maximum Gasteiger partial charge on any atom is 0.313 e. The number of anilines is 1. The number of aromatic nitrogens is 1. The third kappa shape index (κ3) is 6.63. The highest BCUT2D eigenvalue weighted by Crippen LogP contribution is 2.25. The molecule has 2 atom stereocenters. The van der Waals surface area contributed by atoms with Crippen molar-refractivity contribution in [2.45, 2.75) is 25.8 Å². The molecule has 2 heterocycles. The summed E-state index contributed by atoms with van der Waals surface area (Å²) in [5.41, 5.74) is 17.1. The number of rotatable bonds is 6. The van der Waals surface area contributed by atoms with E-state index in [1.807, 2.05) is 6.92 Å². The zero-order chi connectivity index (χ0) is 24.5. The highest BCUT2D eigenvalue weighted by molar-refractivity contribution is 6.39. The fourth-order valence-corrected chi connectivity index (χ4v) is 3.35. The summed E-state index contributed by atoms with van der Waals surface area (Å²) in [6.45, 7) is 2.31. The number of hydrogen-bond donors (Lipinski definition) is 5. The Labute approximate surface area is 191 Å². The van der Waals surface area contributed by atoms with Crippen LogP contribution in [0.15, 0.2) is 41.3 Å². The van der Waals surface area contributed by atoms with Gasteiger partial charge in [-0.05, 0) is 43.2 Å². The predicted molar refractivity (Wildman–Crippen MR) is 124 cm³/mol. The van der Waals surface area contributed by atoms with Crippen molar-refractivity contribution in [2.24, 2.45) is 28.1 Å². The molecule has 1 aromatic rings. The van der Waals surface area contributed by atoms with Gasteiger partial charge in [-0.15, -0.1) is 0 Å². The van der Waals surface area contributed by atoms with Gasteiger partial charge in [-0.25, -0.2) is 9.98 Å². The number of pyridine rings is 1.